The second kappa shape index (κ2) is 4.12. The van der Waals surface area contributed by atoms with Gasteiger partial charge in [-0.05, 0) is 25.7 Å². The lowest BCUT2D eigenvalue weighted by Gasteiger charge is -2.37. The Morgan fingerprint density at radius 2 is 1.87 bits per heavy atom. The van der Waals surface area contributed by atoms with E-state index in [0.29, 0.717) is 23.9 Å². The maximum atomic E-state index is 12.2. The van der Waals surface area contributed by atoms with Crippen LogP contribution in [0.3, 0.4) is 0 Å². The van der Waals surface area contributed by atoms with Crippen LogP contribution in [0.25, 0.3) is 0 Å². The van der Waals surface area contributed by atoms with Gasteiger partial charge in [0.1, 0.15) is 0 Å². The van der Waals surface area contributed by atoms with Crippen LogP contribution >= 0.6 is 0 Å². The number of amides is 1. The van der Waals surface area contributed by atoms with Gasteiger partial charge in [0.05, 0.1) is 5.92 Å². The van der Waals surface area contributed by atoms with Crippen LogP contribution in [0.4, 0.5) is 0 Å². The first-order valence-electron chi connectivity index (χ1n) is 6.14. The fourth-order valence-corrected chi connectivity index (χ4v) is 2.06. The van der Waals surface area contributed by atoms with Crippen molar-refractivity contribution in [3.63, 3.8) is 0 Å². The third kappa shape index (κ3) is 2.17. The Morgan fingerprint density at radius 1 is 1.27 bits per heavy atom. The van der Waals surface area contributed by atoms with E-state index in [4.69, 9.17) is 0 Å². The number of rotatable bonds is 4. The van der Waals surface area contributed by atoms with Crippen LogP contribution in [-0.4, -0.2) is 36.0 Å². The number of nitrogens with zero attached hydrogens (tertiary/aromatic N) is 1. The number of hydrogen-bond donors (Lipinski definition) is 1. The normalized spacial score (nSPS) is 23.7. The maximum Gasteiger partial charge on any atom is 0.228 e. The number of carbonyl (C=O) groups excluding carboxylic acids is 1. The van der Waals surface area contributed by atoms with E-state index in [-0.39, 0.29) is 5.92 Å². The summed E-state index contributed by atoms with van der Waals surface area (Å²) in [5.41, 5.74) is 0. The molecule has 0 aromatic rings. The quantitative estimate of drug-likeness (QED) is 0.757. The van der Waals surface area contributed by atoms with Crippen molar-refractivity contribution in [1.29, 1.82) is 0 Å². The smallest absolute Gasteiger partial charge is 0.228 e. The highest BCUT2D eigenvalue weighted by molar-refractivity contribution is 5.81. The van der Waals surface area contributed by atoms with Gasteiger partial charge in [-0.2, -0.15) is 0 Å². The summed E-state index contributed by atoms with van der Waals surface area (Å²) in [6.45, 7) is 8.35. The second-order valence-electron chi connectivity index (χ2n) is 5.32. The summed E-state index contributed by atoms with van der Waals surface area (Å²) in [6.07, 6.45) is 2.42. The van der Waals surface area contributed by atoms with Gasteiger partial charge in [-0.1, -0.05) is 13.8 Å². The third-order valence-corrected chi connectivity index (χ3v) is 3.73. The zero-order valence-corrected chi connectivity index (χ0v) is 9.99. The van der Waals surface area contributed by atoms with Crippen LogP contribution in [0.5, 0.6) is 0 Å². The van der Waals surface area contributed by atoms with Gasteiger partial charge in [-0.25, -0.2) is 0 Å². The first-order chi connectivity index (χ1) is 7.11. The van der Waals surface area contributed by atoms with Crippen molar-refractivity contribution >= 4 is 5.91 Å². The van der Waals surface area contributed by atoms with E-state index in [0.717, 1.165) is 13.1 Å². The van der Waals surface area contributed by atoms with Crippen molar-refractivity contribution in [2.45, 2.75) is 45.7 Å². The number of carbonyl (C=O) groups is 1. The van der Waals surface area contributed by atoms with Crippen LogP contribution < -0.4 is 5.32 Å². The fourth-order valence-electron chi connectivity index (χ4n) is 2.06. The zero-order chi connectivity index (χ0) is 11.0. The van der Waals surface area contributed by atoms with Gasteiger partial charge < -0.3 is 10.2 Å². The van der Waals surface area contributed by atoms with E-state index in [1.54, 1.807) is 0 Å². The molecule has 86 valence electrons. The second-order valence-corrected chi connectivity index (χ2v) is 5.32. The van der Waals surface area contributed by atoms with E-state index in [1.165, 1.54) is 12.8 Å². The molecular weight excluding hydrogens is 188 g/mol. The van der Waals surface area contributed by atoms with Crippen molar-refractivity contribution in [3.8, 4) is 0 Å². The van der Waals surface area contributed by atoms with Crippen LogP contribution in [0.1, 0.15) is 33.6 Å². The molecule has 1 aliphatic heterocycles. The third-order valence-electron chi connectivity index (χ3n) is 3.73. The molecule has 0 bridgehead atoms. The van der Waals surface area contributed by atoms with E-state index < -0.39 is 0 Å². The minimum Gasteiger partial charge on any atom is -0.336 e. The maximum absolute atomic E-state index is 12.2. The summed E-state index contributed by atoms with van der Waals surface area (Å²) >= 11 is 0. The summed E-state index contributed by atoms with van der Waals surface area (Å²) in [5, 5.41) is 3.18. The van der Waals surface area contributed by atoms with Gasteiger partial charge >= 0.3 is 0 Å². The molecule has 2 fully saturated rings. The van der Waals surface area contributed by atoms with Crippen LogP contribution in [-0.2, 0) is 4.79 Å². The molecule has 0 aromatic carbocycles. The SMILES string of the molecule is CC(C)C(C)N(C(=O)C1CNC1)C1CC1. The molecule has 2 rings (SSSR count). The van der Waals surface area contributed by atoms with Gasteiger partial charge in [-0.15, -0.1) is 0 Å². The summed E-state index contributed by atoms with van der Waals surface area (Å²) < 4.78 is 0. The van der Waals surface area contributed by atoms with E-state index >= 15 is 0 Å². The van der Waals surface area contributed by atoms with E-state index in [2.05, 4.69) is 31.0 Å². The zero-order valence-electron chi connectivity index (χ0n) is 9.99. The number of nitrogens with one attached hydrogen (secondary N) is 1. The molecule has 1 atom stereocenters. The first-order valence-corrected chi connectivity index (χ1v) is 6.14. The van der Waals surface area contributed by atoms with Gasteiger partial charge in [0.15, 0.2) is 0 Å². The van der Waals surface area contributed by atoms with Gasteiger partial charge in [0.2, 0.25) is 5.91 Å². The van der Waals surface area contributed by atoms with Crippen molar-refractivity contribution in [2.24, 2.45) is 11.8 Å². The summed E-state index contributed by atoms with van der Waals surface area (Å²) in [6, 6.07) is 0.945. The monoisotopic (exact) mass is 210 g/mol. The molecule has 1 saturated carbocycles. The standard InChI is InChI=1S/C12H22N2O/c1-8(2)9(3)14(11-4-5-11)12(15)10-6-13-7-10/h8-11,13H,4-7H2,1-3H3. The average Bonchev–Trinajstić information content (AvgIpc) is 2.84. The Bertz CT molecular complexity index is 244. The molecule has 1 aliphatic carbocycles. The van der Waals surface area contributed by atoms with Crippen molar-refractivity contribution in [1.82, 2.24) is 10.2 Å². The van der Waals surface area contributed by atoms with Gasteiger partial charge in [0.25, 0.3) is 0 Å². The van der Waals surface area contributed by atoms with Crippen molar-refractivity contribution in [2.75, 3.05) is 13.1 Å². The molecule has 15 heavy (non-hydrogen) atoms. The van der Waals surface area contributed by atoms with Crippen molar-refractivity contribution < 1.29 is 4.79 Å². The average molecular weight is 210 g/mol. The molecular formula is C12H22N2O. The Morgan fingerprint density at radius 3 is 2.20 bits per heavy atom. The molecule has 1 heterocycles. The molecule has 1 N–H and O–H groups in total. The number of hydrogen-bond acceptors (Lipinski definition) is 2. The molecule has 1 amide bonds. The topological polar surface area (TPSA) is 32.3 Å². The Kier molecular flexibility index (Phi) is 3.01. The molecule has 1 unspecified atom stereocenters. The lowest BCUT2D eigenvalue weighted by molar-refractivity contribution is -0.140. The molecule has 1 saturated heterocycles. The van der Waals surface area contributed by atoms with Gasteiger partial charge in [0, 0.05) is 25.2 Å². The van der Waals surface area contributed by atoms with E-state index in [9.17, 15) is 4.79 Å². The predicted molar refractivity (Wildman–Crippen MR) is 60.5 cm³/mol. The Balaban J connectivity index is 2.01. The summed E-state index contributed by atoms with van der Waals surface area (Å²) in [7, 11) is 0. The van der Waals surface area contributed by atoms with Crippen LogP contribution in [0.2, 0.25) is 0 Å². The molecule has 0 aromatic heterocycles. The summed E-state index contributed by atoms with van der Waals surface area (Å²) in [4.78, 5) is 14.4. The molecule has 3 nitrogen and oxygen atoms in total. The largest absolute Gasteiger partial charge is 0.336 e. The molecule has 3 heteroatoms. The van der Waals surface area contributed by atoms with Crippen LogP contribution in [0, 0.1) is 11.8 Å². The Hall–Kier alpha value is -0.570. The minimum absolute atomic E-state index is 0.256. The Labute approximate surface area is 92.2 Å². The highest BCUT2D eigenvalue weighted by atomic mass is 16.2. The lowest BCUT2D eigenvalue weighted by atomic mass is 9.97. The lowest BCUT2D eigenvalue weighted by Crippen LogP contribution is -2.55. The first kappa shape index (κ1) is 10.9. The van der Waals surface area contributed by atoms with Gasteiger partial charge in [-0.3, -0.25) is 4.79 Å². The minimum atomic E-state index is 0.256. The molecule has 2 aliphatic rings. The highest BCUT2D eigenvalue weighted by Gasteiger charge is 2.40. The fraction of sp³-hybridized carbons (Fsp3) is 0.917. The predicted octanol–water partition coefficient (Wildman–Crippen LogP) is 1.24. The van der Waals surface area contributed by atoms with Crippen LogP contribution in [0.15, 0.2) is 0 Å². The highest BCUT2D eigenvalue weighted by Crippen LogP contribution is 2.32. The summed E-state index contributed by atoms with van der Waals surface area (Å²) in [5.74, 6) is 1.20. The molecule has 0 spiro atoms. The van der Waals surface area contributed by atoms with Crippen molar-refractivity contribution in [3.05, 3.63) is 0 Å². The molecule has 0 radical (unpaired) electrons. The van der Waals surface area contributed by atoms with E-state index in [1.807, 2.05) is 0 Å².